The van der Waals surface area contributed by atoms with Crippen LogP contribution in [-0.2, 0) is 11.3 Å². The van der Waals surface area contributed by atoms with Crippen molar-refractivity contribution in [3.63, 3.8) is 0 Å². The third-order valence-electron chi connectivity index (χ3n) is 5.25. The van der Waals surface area contributed by atoms with Crippen molar-refractivity contribution in [2.45, 2.75) is 38.4 Å². The first-order valence-corrected chi connectivity index (χ1v) is 11.8. The molecule has 2 N–H and O–H groups in total. The van der Waals surface area contributed by atoms with Crippen LogP contribution >= 0.6 is 11.8 Å². The van der Waals surface area contributed by atoms with E-state index in [-0.39, 0.29) is 5.91 Å². The molecule has 1 amide bonds. The van der Waals surface area contributed by atoms with Gasteiger partial charge >= 0.3 is 0 Å². The number of para-hydroxylation sites is 1. The average molecular weight is 446 g/mol. The highest BCUT2D eigenvalue weighted by Gasteiger charge is 2.19. The van der Waals surface area contributed by atoms with Gasteiger partial charge in [0, 0.05) is 35.2 Å². The van der Waals surface area contributed by atoms with E-state index >= 15 is 0 Å². The van der Waals surface area contributed by atoms with Gasteiger partial charge in [-0.2, -0.15) is 0 Å². The molecule has 6 nitrogen and oxygen atoms in total. The highest BCUT2D eigenvalue weighted by atomic mass is 32.2. The van der Waals surface area contributed by atoms with Crippen molar-refractivity contribution in [1.29, 1.82) is 0 Å². The molecule has 0 aliphatic carbocycles. The minimum atomic E-state index is -0.307. The second-order valence-electron chi connectivity index (χ2n) is 8.14. The summed E-state index contributed by atoms with van der Waals surface area (Å²) in [6.07, 6.45) is 1.32. The van der Waals surface area contributed by atoms with E-state index in [4.69, 9.17) is 10.7 Å². The van der Waals surface area contributed by atoms with Gasteiger partial charge in [0.1, 0.15) is 0 Å². The Morgan fingerprint density at radius 3 is 2.56 bits per heavy atom. The normalized spacial score (nSPS) is 11.3. The molecule has 0 atom stereocenters. The standard InChI is InChI=1S/C25H27N5OS/c1-17(2)12-14-30-24(28-29-25(30)32-15-13-23(26)31)20-16-22(18-8-4-3-5-9-18)27-21-11-7-6-10-19(20)21/h3-11,16-17H,12-15H2,1-2H3,(H2,26,31). The molecule has 2 aromatic heterocycles. The number of aromatic nitrogens is 4. The Labute approximate surface area is 192 Å². The fourth-order valence-corrected chi connectivity index (χ4v) is 4.46. The number of pyridine rings is 1. The maximum Gasteiger partial charge on any atom is 0.218 e. The largest absolute Gasteiger partial charge is 0.370 e. The number of rotatable bonds is 9. The maximum absolute atomic E-state index is 11.2. The molecule has 0 aliphatic rings. The molecule has 0 bridgehead atoms. The summed E-state index contributed by atoms with van der Waals surface area (Å²) in [5.41, 5.74) is 9.21. The van der Waals surface area contributed by atoms with E-state index < -0.39 is 0 Å². The number of nitrogens with zero attached hydrogens (tertiary/aromatic N) is 4. The Morgan fingerprint density at radius 1 is 1.06 bits per heavy atom. The molecule has 0 saturated heterocycles. The quantitative estimate of drug-likeness (QED) is 0.359. The van der Waals surface area contributed by atoms with Crippen LogP contribution in [0.1, 0.15) is 26.7 Å². The van der Waals surface area contributed by atoms with E-state index in [2.05, 4.69) is 52.9 Å². The maximum atomic E-state index is 11.2. The zero-order valence-corrected chi connectivity index (χ0v) is 19.2. The molecule has 0 aliphatic heterocycles. The molecule has 0 spiro atoms. The first-order valence-electron chi connectivity index (χ1n) is 10.8. The third kappa shape index (κ3) is 4.99. The van der Waals surface area contributed by atoms with Crippen molar-refractivity contribution in [2.75, 3.05) is 5.75 Å². The summed E-state index contributed by atoms with van der Waals surface area (Å²) in [5.74, 6) is 1.64. The van der Waals surface area contributed by atoms with Crippen LogP contribution in [-0.4, -0.2) is 31.4 Å². The van der Waals surface area contributed by atoms with Crippen LogP contribution in [0.3, 0.4) is 0 Å². The minimum Gasteiger partial charge on any atom is -0.370 e. The van der Waals surface area contributed by atoms with Gasteiger partial charge in [0.2, 0.25) is 5.91 Å². The zero-order valence-electron chi connectivity index (χ0n) is 18.4. The van der Waals surface area contributed by atoms with E-state index in [0.717, 1.165) is 51.7 Å². The van der Waals surface area contributed by atoms with Crippen molar-refractivity contribution in [3.8, 4) is 22.6 Å². The third-order valence-corrected chi connectivity index (χ3v) is 6.22. The summed E-state index contributed by atoms with van der Waals surface area (Å²) in [6.45, 7) is 5.22. The molecular formula is C25H27N5OS. The zero-order chi connectivity index (χ0) is 22.5. The second-order valence-corrected chi connectivity index (χ2v) is 9.21. The van der Waals surface area contributed by atoms with Crippen molar-refractivity contribution >= 4 is 28.6 Å². The molecule has 0 radical (unpaired) electrons. The Morgan fingerprint density at radius 2 is 1.81 bits per heavy atom. The lowest BCUT2D eigenvalue weighted by atomic mass is 10.0. The molecule has 164 valence electrons. The monoisotopic (exact) mass is 445 g/mol. The molecule has 0 saturated carbocycles. The number of thioether (sulfide) groups is 1. The molecular weight excluding hydrogens is 418 g/mol. The number of hydrogen-bond acceptors (Lipinski definition) is 5. The predicted octanol–water partition coefficient (Wildman–Crippen LogP) is 5.17. The summed E-state index contributed by atoms with van der Waals surface area (Å²) < 4.78 is 2.17. The lowest BCUT2D eigenvalue weighted by Gasteiger charge is -2.14. The van der Waals surface area contributed by atoms with E-state index in [9.17, 15) is 4.79 Å². The SMILES string of the molecule is CC(C)CCn1c(SCCC(N)=O)nnc1-c1cc(-c2ccccc2)nc2ccccc12. The van der Waals surface area contributed by atoms with E-state index in [1.165, 1.54) is 11.8 Å². The molecule has 4 aromatic rings. The predicted molar refractivity (Wildman–Crippen MR) is 130 cm³/mol. The number of nitrogens with two attached hydrogens (primary N) is 1. The fraction of sp³-hybridized carbons (Fsp3) is 0.280. The molecule has 2 aromatic carbocycles. The first kappa shape index (κ1) is 22.0. The molecule has 4 rings (SSSR count). The number of hydrogen-bond donors (Lipinski definition) is 1. The van der Waals surface area contributed by atoms with Gasteiger partial charge in [-0.25, -0.2) is 4.98 Å². The van der Waals surface area contributed by atoms with Crippen LogP contribution in [0.15, 0.2) is 65.8 Å². The number of primary amides is 1. The summed E-state index contributed by atoms with van der Waals surface area (Å²) >= 11 is 1.52. The lowest BCUT2D eigenvalue weighted by molar-refractivity contribution is -0.117. The summed E-state index contributed by atoms with van der Waals surface area (Å²) in [5, 5.41) is 10.9. The van der Waals surface area contributed by atoms with E-state index in [1.807, 2.05) is 36.4 Å². The Kier molecular flexibility index (Phi) is 6.85. The van der Waals surface area contributed by atoms with Crippen LogP contribution < -0.4 is 5.73 Å². The van der Waals surface area contributed by atoms with Gasteiger partial charge < -0.3 is 10.3 Å². The van der Waals surface area contributed by atoms with Gasteiger partial charge in [0.05, 0.1) is 11.2 Å². The van der Waals surface area contributed by atoms with Crippen LogP contribution in [0.2, 0.25) is 0 Å². The van der Waals surface area contributed by atoms with E-state index in [0.29, 0.717) is 18.1 Å². The Hall–Kier alpha value is -3.19. The minimum absolute atomic E-state index is 0.307. The average Bonchev–Trinajstić information content (AvgIpc) is 3.19. The topological polar surface area (TPSA) is 86.7 Å². The fourth-order valence-electron chi connectivity index (χ4n) is 3.54. The van der Waals surface area contributed by atoms with Crippen LogP contribution in [0.5, 0.6) is 0 Å². The second kappa shape index (κ2) is 9.96. The molecule has 7 heteroatoms. The van der Waals surface area contributed by atoms with E-state index in [1.54, 1.807) is 0 Å². The Balaban J connectivity index is 1.83. The van der Waals surface area contributed by atoms with Crippen molar-refractivity contribution < 1.29 is 4.79 Å². The van der Waals surface area contributed by atoms with Gasteiger partial charge in [-0.15, -0.1) is 10.2 Å². The molecule has 0 fully saturated rings. The van der Waals surface area contributed by atoms with Gasteiger partial charge in [0.25, 0.3) is 0 Å². The highest BCUT2D eigenvalue weighted by Crippen LogP contribution is 2.33. The smallest absolute Gasteiger partial charge is 0.218 e. The van der Waals surface area contributed by atoms with Crippen molar-refractivity contribution in [2.24, 2.45) is 11.7 Å². The molecule has 0 unspecified atom stereocenters. The van der Waals surface area contributed by atoms with Crippen molar-refractivity contribution in [1.82, 2.24) is 19.7 Å². The van der Waals surface area contributed by atoms with Gasteiger partial charge in [-0.1, -0.05) is 74.1 Å². The van der Waals surface area contributed by atoms with Crippen molar-refractivity contribution in [3.05, 3.63) is 60.7 Å². The molecule has 2 heterocycles. The van der Waals surface area contributed by atoms with Crippen LogP contribution in [0, 0.1) is 5.92 Å². The number of amides is 1. The summed E-state index contributed by atoms with van der Waals surface area (Å²) in [6, 6.07) is 20.4. The first-order chi connectivity index (χ1) is 15.5. The number of fused-ring (bicyclic) bond motifs is 1. The van der Waals surface area contributed by atoms with Gasteiger partial charge in [0.15, 0.2) is 11.0 Å². The number of carbonyl (C=O) groups is 1. The summed E-state index contributed by atoms with van der Waals surface area (Å²) in [7, 11) is 0. The number of benzene rings is 2. The van der Waals surface area contributed by atoms with Crippen LogP contribution in [0.25, 0.3) is 33.5 Å². The van der Waals surface area contributed by atoms with Gasteiger partial charge in [-0.3, -0.25) is 4.79 Å². The highest BCUT2D eigenvalue weighted by molar-refractivity contribution is 7.99. The number of carbonyl (C=O) groups excluding carboxylic acids is 1. The lowest BCUT2D eigenvalue weighted by Crippen LogP contribution is -2.11. The molecule has 32 heavy (non-hydrogen) atoms. The van der Waals surface area contributed by atoms with Gasteiger partial charge in [-0.05, 0) is 24.5 Å². The van der Waals surface area contributed by atoms with Crippen LogP contribution in [0.4, 0.5) is 0 Å². The Bertz CT molecular complexity index is 1220. The summed E-state index contributed by atoms with van der Waals surface area (Å²) in [4.78, 5) is 16.1.